The Balaban J connectivity index is 1.86. The number of benzene rings is 2. The molecule has 1 fully saturated rings. The molecule has 0 saturated carbocycles. The molecule has 3 aromatic rings. The molecule has 0 bridgehead atoms. The fourth-order valence-electron chi connectivity index (χ4n) is 3.46. The lowest BCUT2D eigenvalue weighted by molar-refractivity contribution is -0.132. The second kappa shape index (κ2) is 8.12. The first kappa shape index (κ1) is 19.8. The molecule has 152 valence electrons. The number of anilines is 1. The molecule has 2 heterocycles. The molecule has 0 aliphatic carbocycles. The predicted octanol–water partition coefficient (Wildman–Crippen LogP) is 4.48. The van der Waals surface area contributed by atoms with Gasteiger partial charge >= 0.3 is 5.91 Å². The molecule has 4 rings (SSSR count). The predicted molar refractivity (Wildman–Crippen MR) is 116 cm³/mol. The van der Waals surface area contributed by atoms with Crippen LogP contribution in [0.5, 0.6) is 5.75 Å². The molecule has 6 nitrogen and oxygen atoms in total. The zero-order chi connectivity index (χ0) is 21.3. The van der Waals surface area contributed by atoms with E-state index in [1.165, 1.54) is 16.2 Å². The number of hydrogen-bond acceptors (Lipinski definition) is 6. The number of carbonyl (C=O) groups is 2. The number of carbonyl (C=O) groups excluding carboxylic acids is 2. The van der Waals surface area contributed by atoms with E-state index in [2.05, 4.69) is 4.98 Å². The topological polar surface area (TPSA) is 79.7 Å². The summed E-state index contributed by atoms with van der Waals surface area (Å²) >= 11 is 1.27. The Morgan fingerprint density at radius 2 is 1.83 bits per heavy atom. The highest BCUT2D eigenvalue weighted by Gasteiger charge is 2.47. The molecule has 1 saturated heterocycles. The van der Waals surface area contributed by atoms with Crippen molar-refractivity contribution in [3.63, 3.8) is 0 Å². The molecular weight excluding hydrogens is 400 g/mol. The van der Waals surface area contributed by atoms with Crippen LogP contribution in [0.4, 0.5) is 5.13 Å². The number of aryl methyl sites for hydroxylation is 1. The molecule has 1 aromatic heterocycles. The van der Waals surface area contributed by atoms with Crippen LogP contribution in [0.25, 0.3) is 5.76 Å². The number of ether oxygens (including phenoxy) is 1. The van der Waals surface area contributed by atoms with E-state index in [9.17, 15) is 14.7 Å². The van der Waals surface area contributed by atoms with Gasteiger partial charge in [0.05, 0.1) is 18.2 Å². The van der Waals surface area contributed by atoms with Crippen LogP contribution in [0.2, 0.25) is 0 Å². The van der Waals surface area contributed by atoms with Crippen LogP contribution in [0.3, 0.4) is 0 Å². The average Bonchev–Trinajstić information content (AvgIpc) is 3.36. The molecule has 1 amide bonds. The zero-order valence-electron chi connectivity index (χ0n) is 16.5. The Kier molecular flexibility index (Phi) is 5.37. The van der Waals surface area contributed by atoms with Gasteiger partial charge in [0.2, 0.25) is 0 Å². The van der Waals surface area contributed by atoms with Gasteiger partial charge in [0.25, 0.3) is 5.78 Å². The van der Waals surface area contributed by atoms with Gasteiger partial charge in [-0.3, -0.25) is 14.5 Å². The fourth-order valence-corrected chi connectivity index (χ4v) is 4.13. The molecule has 2 aromatic carbocycles. The molecule has 0 spiro atoms. The van der Waals surface area contributed by atoms with Crippen LogP contribution in [0, 0.1) is 6.92 Å². The summed E-state index contributed by atoms with van der Waals surface area (Å²) in [4.78, 5) is 31.5. The Hall–Kier alpha value is -3.45. The number of thiazole rings is 1. The van der Waals surface area contributed by atoms with Crippen molar-refractivity contribution >= 4 is 33.9 Å². The van der Waals surface area contributed by atoms with Gasteiger partial charge < -0.3 is 9.84 Å². The third-order valence-corrected chi connectivity index (χ3v) is 5.67. The van der Waals surface area contributed by atoms with E-state index in [-0.39, 0.29) is 11.3 Å². The summed E-state index contributed by atoms with van der Waals surface area (Å²) in [5.74, 6) is -1.00. The minimum Gasteiger partial charge on any atom is -0.507 e. The Labute approximate surface area is 178 Å². The number of aliphatic hydroxyl groups is 1. The third-order valence-electron chi connectivity index (χ3n) is 4.90. The summed E-state index contributed by atoms with van der Waals surface area (Å²) in [7, 11) is 0. The minimum atomic E-state index is -0.761. The van der Waals surface area contributed by atoms with Gasteiger partial charge in [-0.25, -0.2) is 4.98 Å². The molecule has 1 aliphatic rings. The second-order valence-electron chi connectivity index (χ2n) is 6.85. The fraction of sp³-hybridized carbons (Fsp3) is 0.174. The number of aliphatic hydroxyl groups excluding tert-OH is 1. The van der Waals surface area contributed by atoms with Crippen LogP contribution in [0.1, 0.15) is 29.7 Å². The van der Waals surface area contributed by atoms with Crippen molar-refractivity contribution in [3.8, 4) is 5.75 Å². The van der Waals surface area contributed by atoms with Gasteiger partial charge in [-0.15, -0.1) is 11.3 Å². The molecule has 0 radical (unpaired) electrons. The first-order valence-electron chi connectivity index (χ1n) is 9.51. The molecule has 1 N–H and O–H groups in total. The van der Waals surface area contributed by atoms with Gasteiger partial charge in [0.15, 0.2) is 5.13 Å². The maximum atomic E-state index is 13.0. The zero-order valence-corrected chi connectivity index (χ0v) is 17.3. The average molecular weight is 420 g/mol. The lowest BCUT2D eigenvalue weighted by atomic mass is 9.95. The molecule has 1 aliphatic heterocycles. The van der Waals surface area contributed by atoms with Crippen LogP contribution in [0.15, 0.2) is 65.7 Å². The summed E-state index contributed by atoms with van der Waals surface area (Å²) in [6.07, 6.45) is 1.58. The van der Waals surface area contributed by atoms with Crippen LogP contribution in [-0.4, -0.2) is 28.4 Å². The first-order chi connectivity index (χ1) is 14.5. The summed E-state index contributed by atoms with van der Waals surface area (Å²) in [6.45, 7) is 4.37. The summed E-state index contributed by atoms with van der Waals surface area (Å²) in [5, 5.41) is 13.2. The number of Topliss-reactive ketones (excluding diaryl/α,β-unsaturated/α-hetero) is 1. The maximum absolute atomic E-state index is 13.0. The standard InChI is InChI=1S/C23H20N2O4S/c1-3-29-17-10-8-16(9-11-17)20(26)18-19(15-6-4-14(2)5-7-15)25(22(28)21(18)27)23-24-12-13-30-23/h4-13,19,26H,3H2,1-2H3/b20-18-. The lowest BCUT2D eigenvalue weighted by Crippen LogP contribution is -2.29. The quantitative estimate of drug-likeness (QED) is 0.374. The van der Waals surface area contributed by atoms with Gasteiger partial charge in [-0.2, -0.15) is 0 Å². The van der Waals surface area contributed by atoms with Gasteiger partial charge in [-0.1, -0.05) is 29.8 Å². The van der Waals surface area contributed by atoms with Gasteiger partial charge in [-0.05, 0) is 43.7 Å². The van der Waals surface area contributed by atoms with E-state index in [1.807, 2.05) is 38.1 Å². The van der Waals surface area contributed by atoms with E-state index < -0.39 is 17.7 Å². The van der Waals surface area contributed by atoms with E-state index in [4.69, 9.17) is 4.74 Å². The molecular formula is C23H20N2O4S. The molecule has 30 heavy (non-hydrogen) atoms. The number of aromatic nitrogens is 1. The number of nitrogens with zero attached hydrogens (tertiary/aromatic N) is 2. The van der Waals surface area contributed by atoms with Crippen molar-refractivity contribution in [2.45, 2.75) is 19.9 Å². The number of hydrogen-bond donors (Lipinski definition) is 1. The third kappa shape index (κ3) is 3.48. The maximum Gasteiger partial charge on any atom is 0.301 e. The van der Waals surface area contributed by atoms with Crippen molar-refractivity contribution in [2.24, 2.45) is 0 Å². The number of ketones is 1. The monoisotopic (exact) mass is 420 g/mol. The van der Waals surface area contributed by atoms with Crippen LogP contribution in [-0.2, 0) is 9.59 Å². The Bertz CT molecular complexity index is 1100. The van der Waals surface area contributed by atoms with Gasteiger partial charge in [0.1, 0.15) is 11.5 Å². The number of amides is 1. The summed E-state index contributed by atoms with van der Waals surface area (Å²) < 4.78 is 5.44. The van der Waals surface area contributed by atoms with Crippen LogP contribution >= 0.6 is 11.3 Å². The van der Waals surface area contributed by atoms with E-state index in [1.54, 1.807) is 35.8 Å². The normalized spacial score (nSPS) is 18.1. The smallest absolute Gasteiger partial charge is 0.301 e. The first-order valence-corrected chi connectivity index (χ1v) is 10.4. The van der Waals surface area contributed by atoms with E-state index >= 15 is 0 Å². The highest BCUT2D eigenvalue weighted by molar-refractivity contribution is 7.14. The van der Waals surface area contributed by atoms with Crippen molar-refractivity contribution in [1.82, 2.24) is 4.98 Å². The van der Waals surface area contributed by atoms with Crippen LogP contribution < -0.4 is 9.64 Å². The molecule has 7 heteroatoms. The van der Waals surface area contributed by atoms with Gasteiger partial charge in [0, 0.05) is 17.1 Å². The van der Waals surface area contributed by atoms with Crippen molar-refractivity contribution in [1.29, 1.82) is 0 Å². The second-order valence-corrected chi connectivity index (χ2v) is 7.72. The van der Waals surface area contributed by atoms with Crippen molar-refractivity contribution < 1.29 is 19.4 Å². The largest absolute Gasteiger partial charge is 0.507 e. The minimum absolute atomic E-state index is 0.0446. The highest BCUT2D eigenvalue weighted by Crippen LogP contribution is 2.42. The Morgan fingerprint density at radius 1 is 1.13 bits per heavy atom. The van der Waals surface area contributed by atoms with E-state index in [0.29, 0.717) is 23.1 Å². The number of rotatable bonds is 5. The van der Waals surface area contributed by atoms with Crippen molar-refractivity contribution in [3.05, 3.63) is 82.4 Å². The Morgan fingerprint density at radius 3 is 2.43 bits per heavy atom. The summed E-state index contributed by atoms with van der Waals surface area (Å²) in [5.41, 5.74) is 2.26. The van der Waals surface area contributed by atoms with E-state index in [0.717, 1.165) is 11.1 Å². The SMILES string of the molecule is CCOc1ccc(/C(O)=C2/C(=O)C(=O)N(c3nccs3)C2c2ccc(C)cc2)cc1. The lowest BCUT2D eigenvalue weighted by Gasteiger charge is -2.23. The molecule has 1 atom stereocenters. The summed E-state index contributed by atoms with van der Waals surface area (Å²) in [6, 6.07) is 13.6. The highest BCUT2D eigenvalue weighted by atomic mass is 32.1. The van der Waals surface area contributed by atoms with Crippen molar-refractivity contribution in [2.75, 3.05) is 11.5 Å². The molecule has 1 unspecified atom stereocenters.